The fourth-order valence-electron chi connectivity index (χ4n) is 6.19. The molecule has 3 N–H and O–H groups in total. The average Bonchev–Trinajstić information content (AvgIpc) is 3.43. The van der Waals surface area contributed by atoms with Gasteiger partial charge in [-0.1, -0.05) is 57.0 Å². The normalized spacial score (nSPS) is 31.6. The van der Waals surface area contributed by atoms with Crippen LogP contribution in [0.5, 0.6) is 0 Å². The predicted molar refractivity (Wildman–Crippen MR) is 133 cm³/mol. The van der Waals surface area contributed by atoms with E-state index >= 15 is 0 Å². The number of unbranched alkanes of at least 4 members (excludes halogenated alkanes) is 2. The molecule has 0 radical (unpaired) electrons. The van der Waals surface area contributed by atoms with Gasteiger partial charge in [0.25, 0.3) is 0 Å². The van der Waals surface area contributed by atoms with E-state index in [1.54, 1.807) is 16.7 Å². The summed E-state index contributed by atoms with van der Waals surface area (Å²) in [4.78, 5) is 42.3. The lowest BCUT2D eigenvalue weighted by molar-refractivity contribution is -0.140. The number of nitrogens with one attached hydrogen (secondary N) is 2. The molecule has 6 atom stereocenters. The third-order valence-corrected chi connectivity index (χ3v) is 9.82. The van der Waals surface area contributed by atoms with E-state index in [-0.39, 0.29) is 35.5 Å². The van der Waals surface area contributed by atoms with Crippen molar-refractivity contribution in [1.82, 2.24) is 15.5 Å². The van der Waals surface area contributed by atoms with Gasteiger partial charge in [0.05, 0.1) is 16.6 Å². The van der Waals surface area contributed by atoms with Crippen molar-refractivity contribution in [3.05, 3.63) is 35.9 Å². The number of rotatable bonds is 11. The maximum atomic E-state index is 13.8. The van der Waals surface area contributed by atoms with Gasteiger partial charge in [-0.15, -0.1) is 11.8 Å². The molecular weight excluding hydrogens is 450 g/mol. The number of likely N-dealkylation sites (tertiary alicyclic amines) is 1. The zero-order chi connectivity index (χ0) is 24.3. The Morgan fingerprint density at radius 3 is 2.62 bits per heavy atom. The quantitative estimate of drug-likeness (QED) is 0.416. The molecule has 1 aromatic carbocycles. The Labute approximate surface area is 206 Å². The van der Waals surface area contributed by atoms with Crippen LogP contribution >= 0.6 is 11.8 Å². The van der Waals surface area contributed by atoms with Crippen LogP contribution in [0, 0.1) is 17.8 Å². The highest BCUT2D eigenvalue weighted by Gasteiger charge is 2.75. The molecular formula is C26H37N3O4S. The van der Waals surface area contributed by atoms with E-state index in [2.05, 4.69) is 24.5 Å². The van der Waals surface area contributed by atoms with Crippen molar-refractivity contribution in [1.29, 1.82) is 0 Å². The van der Waals surface area contributed by atoms with Crippen molar-refractivity contribution >= 4 is 29.5 Å². The first-order valence-electron chi connectivity index (χ1n) is 12.6. The van der Waals surface area contributed by atoms with Crippen molar-refractivity contribution in [2.45, 2.75) is 68.5 Å². The second-order valence-corrected chi connectivity index (χ2v) is 11.4. The molecule has 4 rings (SSSR count). The van der Waals surface area contributed by atoms with E-state index in [1.807, 2.05) is 30.3 Å². The summed E-state index contributed by atoms with van der Waals surface area (Å²) in [5, 5.41) is 15.6. The second-order valence-electron chi connectivity index (χ2n) is 9.86. The summed E-state index contributed by atoms with van der Waals surface area (Å²) in [6.07, 6.45) is 4.27. The van der Waals surface area contributed by atoms with Gasteiger partial charge in [-0.25, -0.2) is 0 Å². The van der Waals surface area contributed by atoms with E-state index in [9.17, 15) is 19.5 Å². The smallest absolute Gasteiger partial charge is 0.244 e. The summed E-state index contributed by atoms with van der Waals surface area (Å²) in [7, 11) is 0. The van der Waals surface area contributed by atoms with Crippen LogP contribution in [0.3, 0.4) is 0 Å². The van der Waals surface area contributed by atoms with Crippen molar-refractivity contribution in [3.8, 4) is 0 Å². The van der Waals surface area contributed by atoms with E-state index in [4.69, 9.17) is 0 Å². The molecule has 3 heterocycles. The molecule has 3 saturated heterocycles. The van der Waals surface area contributed by atoms with Gasteiger partial charge in [0.15, 0.2) is 0 Å². The van der Waals surface area contributed by atoms with Gasteiger partial charge in [0.2, 0.25) is 17.7 Å². The number of benzene rings is 1. The first-order chi connectivity index (χ1) is 16.5. The van der Waals surface area contributed by atoms with Crippen LogP contribution in [0.15, 0.2) is 30.3 Å². The van der Waals surface area contributed by atoms with Crippen LogP contribution in [-0.2, 0) is 20.9 Å². The zero-order valence-electron chi connectivity index (χ0n) is 20.2. The summed E-state index contributed by atoms with van der Waals surface area (Å²) >= 11 is 1.69. The van der Waals surface area contributed by atoms with E-state index < -0.39 is 22.6 Å². The van der Waals surface area contributed by atoms with Crippen molar-refractivity contribution in [2.24, 2.45) is 17.8 Å². The number of hydrogen-bond acceptors (Lipinski definition) is 5. The Kier molecular flexibility index (Phi) is 7.87. The molecule has 0 saturated carbocycles. The zero-order valence-corrected chi connectivity index (χ0v) is 21.0. The van der Waals surface area contributed by atoms with Crippen LogP contribution in [0.2, 0.25) is 0 Å². The summed E-state index contributed by atoms with van der Waals surface area (Å²) in [6.45, 7) is 5.55. The Hall–Kier alpha value is -2.06. The number of carbonyl (C=O) groups excluding carboxylic acids is 3. The largest absolute Gasteiger partial charge is 0.396 e. The highest BCUT2D eigenvalue weighted by molar-refractivity contribution is 8.02. The number of amides is 3. The van der Waals surface area contributed by atoms with Gasteiger partial charge < -0.3 is 20.6 Å². The first kappa shape index (κ1) is 25.0. The first-order valence-corrected chi connectivity index (χ1v) is 13.5. The van der Waals surface area contributed by atoms with E-state index in [0.717, 1.165) is 31.2 Å². The molecule has 2 bridgehead atoms. The molecule has 1 aromatic rings. The molecule has 34 heavy (non-hydrogen) atoms. The minimum atomic E-state index is -0.602. The van der Waals surface area contributed by atoms with Crippen molar-refractivity contribution in [3.63, 3.8) is 0 Å². The fourth-order valence-corrected chi connectivity index (χ4v) is 8.61. The average molecular weight is 488 g/mol. The molecule has 7 nitrogen and oxygen atoms in total. The minimum absolute atomic E-state index is 0.0371. The predicted octanol–water partition coefficient (Wildman–Crippen LogP) is 2.33. The van der Waals surface area contributed by atoms with Crippen molar-refractivity contribution < 1.29 is 19.5 Å². The van der Waals surface area contributed by atoms with Gasteiger partial charge in [0.1, 0.15) is 6.04 Å². The molecule has 0 aliphatic carbocycles. The van der Waals surface area contributed by atoms with Gasteiger partial charge in [-0.05, 0) is 30.7 Å². The SMILES string of the molecule is CCCCCNC(=O)C1N(CCCO)C(=O)[C@@H]2[C@@H](C(=O)NCc3ccccc3)[C@H]3CC(C)C12S3. The third-order valence-electron chi connectivity index (χ3n) is 7.74. The molecule has 3 fully saturated rings. The summed E-state index contributed by atoms with van der Waals surface area (Å²) in [6, 6.07) is 9.15. The summed E-state index contributed by atoms with van der Waals surface area (Å²) < 4.78 is -0.596. The summed E-state index contributed by atoms with van der Waals surface area (Å²) in [5.41, 5.74) is 1.02. The van der Waals surface area contributed by atoms with Gasteiger partial charge in [-0.3, -0.25) is 14.4 Å². The number of hydrogen-bond donors (Lipinski definition) is 3. The highest BCUT2D eigenvalue weighted by Crippen LogP contribution is 2.68. The maximum absolute atomic E-state index is 13.8. The molecule has 0 aromatic heterocycles. The molecule has 8 heteroatoms. The van der Waals surface area contributed by atoms with Crippen LogP contribution < -0.4 is 10.6 Å². The van der Waals surface area contributed by atoms with Crippen LogP contribution in [-0.4, -0.2) is 63.5 Å². The molecule has 3 amide bonds. The summed E-state index contributed by atoms with van der Waals surface area (Å²) in [5.74, 6) is -1.11. The Morgan fingerprint density at radius 2 is 1.91 bits per heavy atom. The van der Waals surface area contributed by atoms with Gasteiger partial charge in [-0.2, -0.15) is 0 Å². The Bertz CT molecular complexity index is 897. The number of aliphatic hydroxyl groups excluding tert-OH is 1. The standard InChI is InChI=1S/C26H37N3O4S/c1-3-4-8-12-27-24(32)22-26-17(2)15-19(34-26)20(21(26)25(33)29(22)13-9-14-30)23(31)28-16-18-10-6-5-7-11-18/h5-7,10-11,17,19-22,30H,3-4,8-9,12-16H2,1-2H3,(H,27,32)(H,28,31)/t17?,19-,20+,21+,22?,26?/m1/s1. The van der Waals surface area contributed by atoms with Gasteiger partial charge in [0, 0.05) is 31.5 Å². The van der Waals surface area contributed by atoms with Gasteiger partial charge >= 0.3 is 0 Å². The number of thioether (sulfide) groups is 1. The molecule has 186 valence electrons. The lowest BCUT2D eigenvalue weighted by Crippen LogP contribution is -2.56. The topological polar surface area (TPSA) is 98.7 Å². The fraction of sp³-hybridized carbons (Fsp3) is 0.654. The minimum Gasteiger partial charge on any atom is -0.396 e. The number of carbonyl (C=O) groups is 3. The number of fused-ring (bicyclic) bond motifs is 1. The van der Waals surface area contributed by atoms with Crippen LogP contribution in [0.1, 0.15) is 51.5 Å². The maximum Gasteiger partial charge on any atom is 0.244 e. The van der Waals surface area contributed by atoms with E-state index in [0.29, 0.717) is 26.1 Å². The highest BCUT2D eigenvalue weighted by atomic mass is 32.2. The molecule has 1 spiro atoms. The van der Waals surface area contributed by atoms with Crippen molar-refractivity contribution in [2.75, 3.05) is 19.7 Å². The lowest BCUT2D eigenvalue weighted by atomic mass is 9.66. The Morgan fingerprint density at radius 1 is 1.15 bits per heavy atom. The molecule has 3 aliphatic heterocycles. The Balaban J connectivity index is 1.57. The second kappa shape index (κ2) is 10.7. The third kappa shape index (κ3) is 4.35. The monoisotopic (exact) mass is 487 g/mol. The molecule has 3 unspecified atom stereocenters. The number of nitrogens with zero attached hydrogens (tertiary/aromatic N) is 1. The number of aliphatic hydroxyl groups is 1. The lowest BCUT2D eigenvalue weighted by Gasteiger charge is -2.38. The van der Waals surface area contributed by atoms with Crippen LogP contribution in [0.4, 0.5) is 0 Å². The van der Waals surface area contributed by atoms with E-state index in [1.165, 1.54) is 0 Å². The molecule has 3 aliphatic rings. The van der Waals surface area contributed by atoms with Crippen LogP contribution in [0.25, 0.3) is 0 Å².